The van der Waals surface area contributed by atoms with Crippen LogP contribution in [0.25, 0.3) is 100 Å². The topological polar surface area (TPSA) is 51.6 Å². The van der Waals surface area contributed by atoms with E-state index < -0.39 is 0 Å². The Morgan fingerprint density at radius 1 is 0.167 bits per heavy atom. The predicted octanol–water partition coefficient (Wildman–Crippen LogP) is 14.3. The van der Waals surface area contributed by atoms with Crippen LogP contribution in [0.15, 0.2) is 232 Å². The minimum Gasteiger partial charge on any atom is -0.264 e. The Kier molecular flexibility index (Phi) is 9.92. The van der Waals surface area contributed by atoms with Crippen LogP contribution in [-0.4, -0.2) is 19.9 Å². The molecule has 0 aliphatic rings. The highest BCUT2D eigenvalue weighted by Crippen LogP contribution is 2.39. The minimum absolute atomic E-state index is 1.10. The summed E-state index contributed by atoms with van der Waals surface area (Å²) in [5.74, 6) is 0. The molecule has 0 N–H and O–H groups in total. The van der Waals surface area contributed by atoms with Gasteiger partial charge in [-0.1, -0.05) is 121 Å². The van der Waals surface area contributed by atoms with Crippen LogP contribution in [-0.2, 0) is 0 Å². The summed E-state index contributed by atoms with van der Waals surface area (Å²) in [5, 5.41) is 0. The molecule has 0 unspecified atom stereocenters. The molecule has 4 aromatic heterocycles. The van der Waals surface area contributed by atoms with Crippen LogP contribution in [0, 0.1) is 0 Å². The second kappa shape index (κ2) is 16.4. The molecule has 282 valence electrons. The lowest BCUT2D eigenvalue weighted by Gasteiger charge is -2.15. The van der Waals surface area contributed by atoms with Gasteiger partial charge in [-0.2, -0.15) is 0 Å². The van der Waals surface area contributed by atoms with Crippen LogP contribution in [0.1, 0.15) is 0 Å². The van der Waals surface area contributed by atoms with Crippen molar-refractivity contribution in [2.45, 2.75) is 0 Å². The molecular weight excluding hydrogens is 729 g/mol. The Hall–Kier alpha value is -8.08. The standard InChI is InChI=1S/C56H38N4/c1-5-47(35-57-25-1)39-9-17-43(18-10-39)51-29-52(44-19-11-40(12-20-44)48-6-2-26-58-36-48)32-55(31-51)56-33-53(45-21-13-41(14-22-45)49-7-3-27-59-37-49)30-54(34-56)46-23-15-42(16-24-46)50-8-4-28-60-38-50/h1-38H. The van der Waals surface area contributed by atoms with Gasteiger partial charge in [0.2, 0.25) is 0 Å². The van der Waals surface area contributed by atoms with Gasteiger partial charge >= 0.3 is 0 Å². The number of pyridine rings is 4. The molecule has 10 aromatic rings. The molecule has 0 saturated heterocycles. The van der Waals surface area contributed by atoms with Gasteiger partial charge < -0.3 is 0 Å². The molecule has 0 bridgehead atoms. The summed E-state index contributed by atoms with van der Waals surface area (Å²) < 4.78 is 0. The van der Waals surface area contributed by atoms with Gasteiger partial charge in [0.05, 0.1) is 0 Å². The molecule has 0 saturated carbocycles. The average molecular weight is 767 g/mol. The number of benzene rings is 6. The van der Waals surface area contributed by atoms with Gasteiger partial charge in [0, 0.05) is 49.6 Å². The van der Waals surface area contributed by atoms with E-state index in [-0.39, 0.29) is 0 Å². The molecular formula is C56H38N4. The summed E-state index contributed by atoms with van der Waals surface area (Å²) in [6.07, 6.45) is 14.9. The number of rotatable bonds is 9. The zero-order valence-corrected chi connectivity index (χ0v) is 32.7. The van der Waals surface area contributed by atoms with E-state index in [9.17, 15) is 0 Å². The number of hydrogen-bond acceptors (Lipinski definition) is 4. The van der Waals surface area contributed by atoms with Crippen LogP contribution >= 0.6 is 0 Å². The third-order valence-electron chi connectivity index (χ3n) is 11.1. The van der Waals surface area contributed by atoms with E-state index in [4.69, 9.17) is 0 Å². The highest BCUT2D eigenvalue weighted by Gasteiger charge is 2.13. The first-order chi connectivity index (χ1) is 29.7. The molecule has 0 amide bonds. The van der Waals surface area contributed by atoms with Crippen molar-refractivity contribution in [3.63, 3.8) is 0 Å². The Labute approximate surface area is 350 Å². The maximum Gasteiger partial charge on any atom is 0.0346 e. The fraction of sp³-hybridized carbons (Fsp3) is 0. The molecule has 0 atom stereocenters. The fourth-order valence-electron chi connectivity index (χ4n) is 7.81. The van der Waals surface area contributed by atoms with E-state index in [1.165, 1.54) is 0 Å². The Morgan fingerprint density at radius 3 is 0.500 bits per heavy atom. The van der Waals surface area contributed by atoms with Gasteiger partial charge in [-0.05, 0) is 161 Å². The fourth-order valence-corrected chi connectivity index (χ4v) is 7.81. The summed E-state index contributed by atoms with van der Waals surface area (Å²) in [6, 6.07) is 65.4. The summed E-state index contributed by atoms with van der Waals surface area (Å²) in [5.41, 5.74) is 20.3. The van der Waals surface area contributed by atoms with Crippen molar-refractivity contribution in [2.24, 2.45) is 0 Å². The van der Waals surface area contributed by atoms with Crippen molar-refractivity contribution in [2.75, 3.05) is 0 Å². The summed E-state index contributed by atoms with van der Waals surface area (Å²) in [4.78, 5) is 17.4. The van der Waals surface area contributed by atoms with Crippen LogP contribution in [0.4, 0.5) is 0 Å². The minimum atomic E-state index is 1.10. The highest BCUT2D eigenvalue weighted by atomic mass is 14.6. The number of nitrogens with zero attached hydrogens (tertiary/aromatic N) is 4. The Balaban J connectivity index is 1.11. The van der Waals surface area contributed by atoms with Crippen molar-refractivity contribution < 1.29 is 0 Å². The largest absolute Gasteiger partial charge is 0.264 e. The van der Waals surface area contributed by atoms with Crippen molar-refractivity contribution in [1.29, 1.82) is 0 Å². The first-order valence-corrected chi connectivity index (χ1v) is 20.0. The van der Waals surface area contributed by atoms with Crippen molar-refractivity contribution >= 4 is 0 Å². The molecule has 0 fully saturated rings. The van der Waals surface area contributed by atoms with Crippen LogP contribution in [0.2, 0.25) is 0 Å². The highest BCUT2D eigenvalue weighted by molar-refractivity contribution is 5.87. The molecule has 0 aliphatic heterocycles. The molecule has 10 rings (SSSR count). The number of hydrogen-bond donors (Lipinski definition) is 0. The third-order valence-corrected chi connectivity index (χ3v) is 11.1. The molecule has 4 heteroatoms. The van der Waals surface area contributed by atoms with E-state index >= 15 is 0 Å². The molecule has 60 heavy (non-hydrogen) atoms. The molecule has 4 heterocycles. The second-order valence-corrected chi connectivity index (χ2v) is 14.9. The van der Waals surface area contributed by atoms with Crippen LogP contribution in [0.3, 0.4) is 0 Å². The Bertz CT molecular complexity index is 2590. The zero-order chi connectivity index (χ0) is 40.1. The van der Waals surface area contributed by atoms with E-state index in [0.717, 1.165) is 100 Å². The maximum absolute atomic E-state index is 4.34. The van der Waals surface area contributed by atoms with Crippen molar-refractivity contribution in [3.8, 4) is 100 Å². The summed E-state index contributed by atoms with van der Waals surface area (Å²) in [7, 11) is 0. The third kappa shape index (κ3) is 7.78. The summed E-state index contributed by atoms with van der Waals surface area (Å²) in [6.45, 7) is 0. The normalized spacial score (nSPS) is 11.0. The lowest BCUT2D eigenvalue weighted by molar-refractivity contribution is 1.33. The maximum atomic E-state index is 4.34. The van der Waals surface area contributed by atoms with E-state index in [1.807, 2.05) is 73.8 Å². The van der Waals surface area contributed by atoms with Gasteiger partial charge in [-0.25, -0.2) is 0 Å². The van der Waals surface area contributed by atoms with Crippen molar-refractivity contribution in [3.05, 3.63) is 232 Å². The molecule has 6 aromatic carbocycles. The molecule has 0 radical (unpaired) electrons. The summed E-state index contributed by atoms with van der Waals surface area (Å²) >= 11 is 0. The van der Waals surface area contributed by atoms with Gasteiger partial charge in [0.15, 0.2) is 0 Å². The smallest absolute Gasteiger partial charge is 0.0346 e. The molecule has 0 aliphatic carbocycles. The molecule has 0 spiro atoms. The first-order valence-electron chi connectivity index (χ1n) is 20.0. The van der Waals surface area contributed by atoms with Gasteiger partial charge in [-0.3, -0.25) is 19.9 Å². The average Bonchev–Trinajstić information content (AvgIpc) is 3.35. The van der Waals surface area contributed by atoms with Crippen molar-refractivity contribution in [1.82, 2.24) is 19.9 Å². The first kappa shape index (κ1) is 36.3. The lowest BCUT2D eigenvalue weighted by Crippen LogP contribution is -1.90. The van der Waals surface area contributed by atoms with Gasteiger partial charge in [-0.15, -0.1) is 0 Å². The zero-order valence-electron chi connectivity index (χ0n) is 32.7. The second-order valence-electron chi connectivity index (χ2n) is 14.9. The van der Waals surface area contributed by atoms with Crippen LogP contribution < -0.4 is 0 Å². The monoisotopic (exact) mass is 766 g/mol. The predicted molar refractivity (Wildman–Crippen MR) is 247 cm³/mol. The SMILES string of the molecule is c1cncc(-c2ccc(-c3cc(-c4ccc(-c5cccnc5)cc4)cc(-c4cc(-c5ccc(-c6cccnc6)cc5)cc(-c5ccc(-c6cccnc6)cc5)c4)c3)cc2)c1. The quantitative estimate of drug-likeness (QED) is 0.147. The van der Waals surface area contributed by atoms with E-state index in [0.29, 0.717) is 0 Å². The Morgan fingerprint density at radius 2 is 0.333 bits per heavy atom. The van der Waals surface area contributed by atoms with E-state index in [1.54, 1.807) is 0 Å². The van der Waals surface area contributed by atoms with Crippen LogP contribution in [0.5, 0.6) is 0 Å². The van der Waals surface area contributed by atoms with Gasteiger partial charge in [0.25, 0.3) is 0 Å². The van der Waals surface area contributed by atoms with E-state index in [2.05, 4.69) is 178 Å². The van der Waals surface area contributed by atoms with Gasteiger partial charge in [0.1, 0.15) is 0 Å². The lowest BCUT2D eigenvalue weighted by atomic mass is 9.89. The number of aromatic nitrogens is 4. The molecule has 4 nitrogen and oxygen atoms in total.